The monoisotopic (exact) mass is 316 g/mol. The predicted octanol–water partition coefficient (Wildman–Crippen LogP) is 2.36. The van der Waals surface area contributed by atoms with E-state index in [1.807, 2.05) is 4.72 Å². The Morgan fingerprint density at radius 2 is 1.67 bits per heavy atom. The zero-order valence-corrected chi connectivity index (χ0v) is 11.4. The molecule has 0 radical (unpaired) electrons. The van der Waals surface area contributed by atoms with Crippen molar-refractivity contribution in [3.8, 4) is 0 Å². The molecule has 0 aliphatic carbocycles. The average molecular weight is 316 g/mol. The minimum Gasteiger partial charge on any atom is -0.326 e. The van der Waals surface area contributed by atoms with Gasteiger partial charge in [-0.3, -0.25) is 4.72 Å². The largest absolute Gasteiger partial charge is 0.326 e. The van der Waals surface area contributed by atoms with Gasteiger partial charge in [-0.15, -0.1) is 0 Å². The Bertz CT molecular complexity index is 779. The molecule has 0 spiro atoms. The first-order chi connectivity index (χ1) is 9.83. The number of nitrogens with two attached hydrogens (primary N) is 1. The highest BCUT2D eigenvalue weighted by molar-refractivity contribution is 7.92. The second-order valence-electron chi connectivity index (χ2n) is 4.20. The first-order valence-corrected chi connectivity index (χ1v) is 7.28. The first-order valence-electron chi connectivity index (χ1n) is 5.80. The molecule has 0 heterocycles. The Hall–Kier alpha value is -2.06. The molecule has 0 atom stereocenters. The molecule has 0 aliphatic heterocycles. The third-order valence-electron chi connectivity index (χ3n) is 2.70. The van der Waals surface area contributed by atoms with Gasteiger partial charge in [0, 0.05) is 18.7 Å². The Morgan fingerprint density at radius 3 is 2.33 bits per heavy atom. The van der Waals surface area contributed by atoms with E-state index in [0.717, 1.165) is 0 Å². The molecule has 21 heavy (non-hydrogen) atoms. The molecule has 2 aromatic rings. The minimum atomic E-state index is -4.13. The van der Waals surface area contributed by atoms with Gasteiger partial charge >= 0.3 is 0 Å². The van der Waals surface area contributed by atoms with Crippen molar-refractivity contribution in [3.05, 3.63) is 59.4 Å². The second-order valence-corrected chi connectivity index (χ2v) is 5.89. The van der Waals surface area contributed by atoms with Crippen LogP contribution < -0.4 is 10.5 Å². The van der Waals surface area contributed by atoms with Gasteiger partial charge in [-0.25, -0.2) is 21.6 Å². The molecule has 0 saturated heterocycles. The van der Waals surface area contributed by atoms with Crippen molar-refractivity contribution in [3.63, 3.8) is 0 Å². The van der Waals surface area contributed by atoms with Gasteiger partial charge < -0.3 is 5.73 Å². The summed E-state index contributed by atoms with van der Waals surface area (Å²) >= 11 is 0. The van der Waals surface area contributed by atoms with E-state index in [4.69, 9.17) is 5.73 Å². The fourth-order valence-corrected chi connectivity index (χ4v) is 2.77. The van der Waals surface area contributed by atoms with Gasteiger partial charge in [-0.2, -0.15) is 0 Å². The standard InChI is InChI=1S/C13H11F3N2O2S/c14-10-5-12(16)13(6-11(10)15)18-21(19,20)9-3-1-2-8(4-9)7-17/h1-6,18H,7,17H2. The highest BCUT2D eigenvalue weighted by Gasteiger charge is 2.18. The van der Waals surface area contributed by atoms with Crippen LogP contribution in [0.5, 0.6) is 0 Å². The number of hydrogen-bond acceptors (Lipinski definition) is 3. The molecule has 112 valence electrons. The van der Waals surface area contributed by atoms with E-state index in [1.54, 1.807) is 6.07 Å². The molecular formula is C13H11F3N2O2S. The van der Waals surface area contributed by atoms with Crippen molar-refractivity contribution < 1.29 is 21.6 Å². The van der Waals surface area contributed by atoms with Crippen molar-refractivity contribution in [2.75, 3.05) is 4.72 Å². The highest BCUT2D eigenvalue weighted by atomic mass is 32.2. The molecule has 0 unspecified atom stereocenters. The quantitative estimate of drug-likeness (QED) is 0.851. The first kappa shape index (κ1) is 15.3. The maximum Gasteiger partial charge on any atom is 0.261 e. The Labute approximate surface area is 119 Å². The SMILES string of the molecule is NCc1cccc(S(=O)(=O)Nc2cc(F)c(F)cc2F)c1. The van der Waals surface area contributed by atoms with Gasteiger partial charge in [0.1, 0.15) is 5.82 Å². The number of benzene rings is 2. The average Bonchev–Trinajstić information content (AvgIpc) is 2.44. The van der Waals surface area contributed by atoms with Crippen LogP contribution >= 0.6 is 0 Å². The van der Waals surface area contributed by atoms with E-state index in [2.05, 4.69) is 0 Å². The Morgan fingerprint density at radius 1 is 1.00 bits per heavy atom. The third kappa shape index (κ3) is 3.34. The second kappa shape index (κ2) is 5.74. The number of sulfonamides is 1. The molecule has 0 aliphatic rings. The van der Waals surface area contributed by atoms with Crippen LogP contribution in [0.25, 0.3) is 0 Å². The fraction of sp³-hybridized carbons (Fsp3) is 0.0769. The van der Waals surface area contributed by atoms with Crippen molar-refractivity contribution in [1.82, 2.24) is 0 Å². The van der Waals surface area contributed by atoms with E-state index in [1.165, 1.54) is 18.2 Å². The van der Waals surface area contributed by atoms with Gasteiger partial charge in [0.25, 0.3) is 10.0 Å². The summed E-state index contributed by atoms with van der Waals surface area (Å²) in [4.78, 5) is -0.158. The normalized spacial score (nSPS) is 11.4. The fourth-order valence-electron chi connectivity index (χ4n) is 1.64. The molecule has 2 aromatic carbocycles. The Balaban J connectivity index is 2.39. The number of halogens is 3. The number of anilines is 1. The summed E-state index contributed by atoms with van der Waals surface area (Å²) in [5.41, 5.74) is 5.29. The van der Waals surface area contributed by atoms with Gasteiger partial charge in [0.2, 0.25) is 0 Å². The lowest BCUT2D eigenvalue weighted by Gasteiger charge is -2.10. The van der Waals surface area contributed by atoms with Crippen LogP contribution in [0.4, 0.5) is 18.9 Å². The summed E-state index contributed by atoms with van der Waals surface area (Å²) in [6.45, 7) is 0.128. The molecule has 0 bridgehead atoms. The molecule has 8 heteroatoms. The van der Waals surface area contributed by atoms with Crippen LogP contribution in [0, 0.1) is 17.5 Å². The summed E-state index contributed by atoms with van der Waals surface area (Å²) in [5.74, 6) is -3.97. The van der Waals surface area contributed by atoms with Crippen molar-refractivity contribution in [1.29, 1.82) is 0 Å². The molecule has 0 aromatic heterocycles. The predicted molar refractivity (Wildman–Crippen MR) is 71.5 cm³/mol. The zero-order chi connectivity index (χ0) is 15.6. The summed E-state index contributed by atoms with van der Waals surface area (Å²) in [6.07, 6.45) is 0. The van der Waals surface area contributed by atoms with E-state index in [0.29, 0.717) is 11.6 Å². The van der Waals surface area contributed by atoms with E-state index in [-0.39, 0.29) is 17.5 Å². The van der Waals surface area contributed by atoms with Crippen molar-refractivity contribution in [2.24, 2.45) is 5.73 Å². The van der Waals surface area contributed by atoms with Crippen LogP contribution in [-0.4, -0.2) is 8.42 Å². The molecule has 3 N–H and O–H groups in total. The lowest BCUT2D eigenvalue weighted by molar-refractivity contribution is 0.496. The maximum atomic E-state index is 13.5. The van der Waals surface area contributed by atoms with Crippen LogP contribution in [0.2, 0.25) is 0 Å². The summed E-state index contributed by atoms with van der Waals surface area (Å²) < 4.78 is 65.4. The molecular weight excluding hydrogens is 305 g/mol. The van der Waals surface area contributed by atoms with Crippen LogP contribution in [0.3, 0.4) is 0 Å². The summed E-state index contributed by atoms with van der Waals surface area (Å²) in [6, 6.07) is 6.38. The molecule has 2 rings (SSSR count). The van der Waals surface area contributed by atoms with E-state index in [9.17, 15) is 21.6 Å². The Kier molecular flexibility index (Phi) is 4.19. The topological polar surface area (TPSA) is 72.2 Å². The van der Waals surface area contributed by atoms with Gasteiger partial charge in [0.15, 0.2) is 11.6 Å². The molecule has 0 amide bonds. The van der Waals surface area contributed by atoms with Crippen LogP contribution in [-0.2, 0) is 16.6 Å². The van der Waals surface area contributed by atoms with Crippen molar-refractivity contribution in [2.45, 2.75) is 11.4 Å². The summed E-state index contributed by atoms with van der Waals surface area (Å²) in [7, 11) is -4.13. The number of nitrogens with one attached hydrogen (secondary N) is 1. The maximum absolute atomic E-state index is 13.5. The molecule has 0 fully saturated rings. The van der Waals surface area contributed by atoms with Gasteiger partial charge in [-0.05, 0) is 17.7 Å². The third-order valence-corrected chi connectivity index (χ3v) is 4.06. The number of hydrogen-bond donors (Lipinski definition) is 2. The van der Waals surface area contributed by atoms with Crippen LogP contribution in [0.15, 0.2) is 41.3 Å². The molecule has 4 nitrogen and oxygen atoms in total. The van der Waals surface area contributed by atoms with Crippen LogP contribution in [0.1, 0.15) is 5.56 Å². The van der Waals surface area contributed by atoms with E-state index >= 15 is 0 Å². The highest BCUT2D eigenvalue weighted by Crippen LogP contribution is 2.22. The van der Waals surface area contributed by atoms with E-state index < -0.39 is 33.2 Å². The number of rotatable bonds is 4. The van der Waals surface area contributed by atoms with Gasteiger partial charge in [0.05, 0.1) is 10.6 Å². The minimum absolute atomic E-state index is 0.128. The summed E-state index contributed by atoms with van der Waals surface area (Å²) in [5, 5.41) is 0. The zero-order valence-electron chi connectivity index (χ0n) is 10.6. The molecule has 0 saturated carbocycles. The lowest BCUT2D eigenvalue weighted by Crippen LogP contribution is -2.15. The smallest absolute Gasteiger partial charge is 0.261 e. The lowest BCUT2D eigenvalue weighted by atomic mass is 10.2. The van der Waals surface area contributed by atoms with Gasteiger partial charge in [-0.1, -0.05) is 12.1 Å². The van der Waals surface area contributed by atoms with Crippen molar-refractivity contribution >= 4 is 15.7 Å².